The van der Waals surface area contributed by atoms with Crippen molar-refractivity contribution in [1.82, 2.24) is 9.80 Å². The Balaban J connectivity index is 1.42. The van der Waals surface area contributed by atoms with Gasteiger partial charge in [0, 0.05) is 18.7 Å². The Kier molecular flexibility index (Phi) is 9.24. The Bertz CT molecular complexity index is 1210. The molecular formula is C31H39FN4O3. The van der Waals surface area contributed by atoms with E-state index < -0.39 is 17.6 Å². The topological polar surface area (TPSA) is 99.7 Å². The summed E-state index contributed by atoms with van der Waals surface area (Å²) in [6, 6.07) is 14.2. The van der Waals surface area contributed by atoms with E-state index in [2.05, 4.69) is 11.0 Å². The van der Waals surface area contributed by atoms with Crippen LogP contribution in [0.4, 0.5) is 4.39 Å². The molecule has 2 aromatic carbocycles. The predicted octanol–water partition coefficient (Wildman–Crippen LogP) is 4.93. The van der Waals surface area contributed by atoms with Gasteiger partial charge in [0.25, 0.3) is 5.91 Å². The van der Waals surface area contributed by atoms with Crippen molar-refractivity contribution < 1.29 is 18.7 Å². The number of amides is 2. The molecule has 39 heavy (non-hydrogen) atoms. The van der Waals surface area contributed by atoms with Gasteiger partial charge >= 0.3 is 0 Å². The molecule has 2 N–H and O–H groups in total. The van der Waals surface area contributed by atoms with Crippen LogP contribution < -0.4 is 10.5 Å². The quantitative estimate of drug-likeness (QED) is 0.466. The molecule has 2 fully saturated rings. The van der Waals surface area contributed by atoms with E-state index in [1.807, 2.05) is 32.0 Å². The van der Waals surface area contributed by atoms with Gasteiger partial charge in [-0.3, -0.25) is 9.59 Å². The molecule has 1 atom stereocenters. The number of hydrogen-bond acceptors (Lipinski definition) is 5. The van der Waals surface area contributed by atoms with Crippen LogP contribution in [0.1, 0.15) is 68.3 Å². The first-order valence-electron chi connectivity index (χ1n) is 14.1. The summed E-state index contributed by atoms with van der Waals surface area (Å²) in [5.41, 5.74) is 6.71. The number of nitrogens with zero attached hydrogens (tertiary/aromatic N) is 3. The molecular weight excluding hydrogens is 495 g/mol. The summed E-state index contributed by atoms with van der Waals surface area (Å²) in [7, 11) is 0. The molecule has 2 aliphatic rings. The van der Waals surface area contributed by atoms with E-state index in [0.29, 0.717) is 67.3 Å². The van der Waals surface area contributed by atoms with Gasteiger partial charge in [-0.2, -0.15) is 5.26 Å². The Morgan fingerprint density at radius 2 is 1.82 bits per heavy atom. The second-order valence-corrected chi connectivity index (χ2v) is 10.8. The molecule has 0 aliphatic carbocycles. The van der Waals surface area contributed by atoms with Gasteiger partial charge in [-0.15, -0.1) is 0 Å². The lowest BCUT2D eigenvalue weighted by Gasteiger charge is -2.36. The van der Waals surface area contributed by atoms with E-state index >= 15 is 0 Å². The van der Waals surface area contributed by atoms with Crippen LogP contribution >= 0.6 is 0 Å². The van der Waals surface area contributed by atoms with Crippen molar-refractivity contribution in [2.75, 3.05) is 32.8 Å². The number of alkyl halides is 1. The minimum atomic E-state index is -1.12. The normalized spacial score (nSPS) is 18.6. The van der Waals surface area contributed by atoms with Crippen molar-refractivity contribution in [3.63, 3.8) is 0 Å². The van der Waals surface area contributed by atoms with Crippen molar-refractivity contribution >= 4 is 11.8 Å². The first kappa shape index (κ1) is 28.6. The summed E-state index contributed by atoms with van der Waals surface area (Å²) in [5, 5.41) is 9.86. The smallest absolute Gasteiger partial charge is 0.255 e. The number of piperidine rings is 1. The minimum Gasteiger partial charge on any atom is -0.492 e. The zero-order chi connectivity index (χ0) is 28.0. The summed E-state index contributed by atoms with van der Waals surface area (Å²) < 4.78 is 20.9. The van der Waals surface area contributed by atoms with Gasteiger partial charge in [-0.25, -0.2) is 4.39 Å². The number of hydrogen-bond donors (Lipinski definition) is 1. The molecule has 0 aromatic heterocycles. The number of rotatable bonds is 10. The molecule has 2 heterocycles. The Morgan fingerprint density at radius 1 is 1.10 bits per heavy atom. The van der Waals surface area contributed by atoms with Crippen LogP contribution in [0.3, 0.4) is 0 Å². The maximum Gasteiger partial charge on any atom is 0.255 e. The summed E-state index contributed by atoms with van der Waals surface area (Å²) >= 11 is 0. The van der Waals surface area contributed by atoms with Crippen molar-refractivity contribution in [2.24, 2.45) is 11.7 Å². The molecule has 0 saturated carbocycles. The summed E-state index contributed by atoms with van der Waals surface area (Å²) in [6.45, 7) is 6.99. The fourth-order valence-electron chi connectivity index (χ4n) is 5.69. The van der Waals surface area contributed by atoms with E-state index in [9.17, 15) is 19.2 Å². The molecule has 2 saturated heterocycles. The van der Waals surface area contributed by atoms with Crippen LogP contribution in [0, 0.1) is 17.2 Å². The fourth-order valence-corrected chi connectivity index (χ4v) is 5.69. The third kappa shape index (κ3) is 6.59. The number of likely N-dealkylation sites (tertiary alicyclic amines) is 2. The lowest BCUT2D eigenvalue weighted by atomic mass is 9.94. The SMILES string of the molecule is CCC(F)(CC)CN1CCC(COc2ccc(-c3ccccc3C(=O)N3CCC[C@H]3C(N)=O)cc2C#N)CC1. The third-order valence-electron chi connectivity index (χ3n) is 8.37. The van der Waals surface area contributed by atoms with Gasteiger partial charge in [-0.1, -0.05) is 38.1 Å². The summed E-state index contributed by atoms with van der Waals surface area (Å²) in [6.07, 6.45) is 4.23. The van der Waals surface area contributed by atoms with E-state index in [-0.39, 0.29) is 5.91 Å². The van der Waals surface area contributed by atoms with Crippen LogP contribution in [0.5, 0.6) is 5.75 Å². The highest BCUT2D eigenvalue weighted by molar-refractivity contribution is 6.03. The molecule has 2 aliphatic heterocycles. The van der Waals surface area contributed by atoms with Crippen LogP contribution in [0.15, 0.2) is 42.5 Å². The zero-order valence-electron chi connectivity index (χ0n) is 23.0. The maximum absolute atomic E-state index is 14.8. The first-order chi connectivity index (χ1) is 18.8. The summed E-state index contributed by atoms with van der Waals surface area (Å²) in [5.74, 6) is 0.136. The number of carbonyl (C=O) groups is 2. The van der Waals surface area contributed by atoms with Crippen molar-refractivity contribution in [3.8, 4) is 22.9 Å². The molecule has 4 rings (SSSR count). The predicted molar refractivity (Wildman–Crippen MR) is 149 cm³/mol. The van der Waals surface area contributed by atoms with E-state index in [4.69, 9.17) is 10.5 Å². The van der Waals surface area contributed by atoms with Gasteiger partial charge < -0.3 is 20.3 Å². The van der Waals surface area contributed by atoms with E-state index in [0.717, 1.165) is 37.9 Å². The number of benzene rings is 2. The third-order valence-corrected chi connectivity index (χ3v) is 8.37. The van der Waals surface area contributed by atoms with Gasteiger partial charge in [0.2, 0.25) is 5.91 Å². The van der Waals surface area contributed by atoms with E-state index in [1.165, 1.54) is 0 Å². The molecule has 0 bridgehead atoms. The maximum atomic E-state index is 14.8. The fraction of sp³-hybridized carbons (Fsp3) is 0.516. The van der Waals surface area contributed by atoms with Crippen LogP contribution in [-0.4, -0.2) is 66.1 Å². The lowest BCUT2D eigenvalue weighted by Crippen LogP contribution is -2.44. The molecule has 2 aromatic rings. The molecule has 2 amide bonds. The number of primary amides is 1. The van der Waals surface area contributed by atoms with Crippen molar-refractivity contribution in [1.29, 1.82) is 5.26 Å². The Labute approximate surface area is 230 Å². The van der Waals surface area contributed by atoms with Crippen LogP contribution in [0.2, 0.25) is 0 Å². The molecule has 0 radical (unpaired) electrons. The molecule has 0 spiro atoms. The molecule has 0 unspecified atom stereocenters. The second-order valence-electron chi connectivity index (χ2n) is 10.8. The highest BCUT2D eigenvalue weighted by Gasteiger charge is 2.34. The van der Waals surface area contributed by atoms with Gasteiger partial charge in [-0.05, 0) is 86.9 Å². The average Bonchev–Trinajstić information content (AvgIpc) is 3.47. The van der Waals surface area contributed by atoms with Gasteiger partial charge in [0.05, 0.1) is 12.2 Å². The van der Waals surface area contributed by atoms with Gasteiger partial charge in [0.15, 0.2) is 0 Å². The van der Waals surface area contributed by atoms with Crippen molar-refractivity contribution in [2.45, 2.75) is 64.1 Å². The first-order valence-corrected chi connectivity index (χ1v) is 14.1. The average molecular weight is 535 g/mol. The minimum absolute atomic E-state index is 0.236. The lowest BCUT2D eigenvalue weighted by molar-refractivity contribution is -0.121. The second kappa shape index (κ2) is 12.6. The standard InChI is InChI=1S/C31H39FN4O3/c1-3-31(32,4-2)21-35-16-13-22(14-17-35)20-39-28-12-11-23(18-24(28)19-33)25-8-5-6-9-26(25)30(38)36-15-7-10-27(36)29(34)37/h5-6,8-9,11-12,18,22,27H,3-4,7,10,13-17,20-21H2,1-2H3,(H2,34,37)/t27-/m0/s1. The van der Waals surface area contributed by atoms with Crippen LogP contribution in [0.25, 0.3) is 11.1 Å². The molecule has 208 valence electrons. The highest BCUT2D eigenvalue weighted by atomic mass is 19.1. The van der Waals surface area contributed by atoms with Crippen molar-refractivity contribution in [3.05, 3.63) is 53.6 Å². The largest absolute Gasteiger partial charge is 0.492 e. The number of halogens is 1. The number of carbonyl (C=O) groups excluding carboxylic acids is 2. The Morgan fingerprint density at radius 3 is 2.49 bits per heavy atom. The monoisotopic (exact) mass is 534 g/mol. The zero-order valence-corrected chi connectivity index (χ0v) is 23.0. The molecule has 7 nitrogen and oxygen atoms in total. The van der Waals surface area contributed by atoms with Gasteiger partial charge in [0.1, 0.15) is 23.5 Å². The highest BCUT2D eigenvalue weighted by Crippen LogP contribution is 2.32. The summed E-state index contributed by atoms with van der Waals surface area (Å²) in [4.78, 5) is 29.0. The number of ether oxygens (including phenoxy) is 1. The Hall–Kier alpha value is -3.44. The molecule has 8 heteroatoms. The number of nitrogens with two attached hydrogens (primary N) is 1. The van der Waals surface area contributed by atoms with E-state index in [1.54, 1.807) is 29.2 Å². The number of nitriles is 1. The van der Waals surface area contributed by atoms with Crippen LogP contribution in [-0.2, 0) is 4.79 Å².